The summed E-state index contributed by atoms with van der Waals surface area (Å²) in [5, 5.41) is 12.3. The van der Waals surface area contributed by atoms with Crippen molar-refractivity contribution < 1.29 is 14.3 Å². The number of carbonyl (C=O) groups is 1. The molecular weight excluding hydrogens is 271 g/mol. The number of carboxylic acids is 1. The summed E-state index contributed by atoms with van der Waals surface area (Å²) in [6.45, 7) is 1.85. The molecule has 0 aliphatic rings. The Labute approximate surface area is 113 Å². The predicted octanol–water partition coefficient (Wildman–Crippen LogP) is 3.62. The van der Waals surface area contributed by atoms with Crippen LogP contribution in [0.5, 0.6) is 0 Å². The number of aromatic carboxylic acids is 1. The zero-order valence-electron chi connectivity index (χ0n) is 9.95. The van der Waals surface area contributed by atoms with Crippen LogP contribution in [0.4, 0.5) is 15.9 Å². The van der Waals surface area contributed by atoms with E-state index in [4.69, 9.17) is 16.7 Å². The molecule has 0 spiro atoms. The van der Waals surface area contributed by atoms with Crippen molar-refractivity contribution in [3.63, 3.8) is 0 Å². The normalized spacial score (nSPS) is 10.3. The van der Waals surface area contributed by atoms with Gasteiger partial charge in [-0.1, -0.05) is 17.7 Å². The molecule has 0 aliphatic heterocycles. The molecule has 2 rings (SSSR count). The van der Waals surface area contributed by atoms with Gasteiger partial charge in [0.15, 0.2) is 0 Å². The number of hydrogen-bond donors (Lipinski definition) is 2. The van der Waals surface area contributed by atoms with E-state index in [1.807, 2.05) is 6.92 Å². The summed E-state index contributed by atoms with van der Waals surface area (Å²) in [4.78, 5) is 14.7. The quantitative estimate of drug-likeness (QED) is 0.901. The summed E-state index contributed by atoms with van der Waals surface area (Å²) < 4.78 is 13.0. The maximum Gasteiger partial charge on any atom is 0.339 e. The zero-order valence-corrected chi connectivity index (χ0v) is 10.7. The molecular formula is C13H10ClFN2O2. The second-order valence-corrected chi connectivity index (χ2v) is 4.35. The molecule has 0 fully saturated rings. The molecule has 0 amide bonds. The highest BCUT2D eigenvalue weighted by molar-refractivity contribution is 6.31. The lowest BCUT2D eigenvalue weighted by Gasteiger charge is -2.09. The van der Waals surface area contributed by atoms with Crippen molar-refractivity contribution in [2.75, 3.05) is 5.32 Å². The first-order chi connectivity index (χ1) is 8.97. The monoisotopic (exact) mass is 280 g/mol. The molecule has 98 valence electrons. The third-order valence-corrected chi connectivity index (χ3v) is 2.93. The van der Waals surface area contributed by atoms with Crippen LogP contribution in [-0.4, -0.2) is 16.1 Å². The molecule has 2 N–H and O–H groups in total. The first-order valence-corrected chi connectivity index (χ1v) is 5.77. The first-order valence-electron chi connectivity index (χ1n) is 5.39. The van der Waals surface area contributed by atoms with Crippen molar-refractivity contribution in [1.82, 2.24) is 4.98 Å². The van der Waals surface area contributed by atoms with Gasteiger partial charge in [0, 0.05) is 10.7 Å². The maximum atomic E-state index is 13.0. The van der Waals surface area contributed by atoms with Crippen LogP contribution in [0.2, 0.25) is 5.02 Å². The number of rotatable bonds is 3. The topological polar surface area (TPSA) is 62.2 Å². The van der Waals surface area contributed by atoms with Crippen molar-refractivity contribution in [2.24, 2.45) is 0 Å². The molecule has 4 nitrogen and oxygen atoms in total. The smallest absolute Gasteiger partial charge is 0.339 e. The number of aromatic nitrogens is 1. The highest BCUT2D eigenvalue weighted by Crippen LogP contribution is 2.24. The highest BCUT2D eigenvalue weighted by Gasteiger charge is 2.13. The Hall–Kier alpha value is -2.14. The zero-order chi connectivity index (χ0) is 14.0. The van der Waals surface area contributed by atoms with Crippen molar-refractivity contribution in [2.45, 2.75) is 6.92 Å². The van der Waals surface area contributed by atoms with Crippen LogP contribution in [0, 0.1) is 12.7 Å². The van der Waals surface area contributed by atoms with E-state index < -0.39 is 11.8 Å². The van der Waals surface area contributed by atoms with Crippen molar-refractivity contribution >= 4 is 29.1 Å². The Morgan fingerprint density at radius 1 is 1.42 bits per heavy atom. The van der Waals surface area contributed by atoms with Gasteiger partial charge in [0.2, 0.25) is 0 Å². The second-order valence-electron chi connectivity index (χ2n) is 3.94. The van der Waals surface area contributed by atoms with Crippen LogP contribution in [0.15, 0.2) is 30.5 Å². The van der Waals surface area contributed by atoms with Crippen LogP contribution in [0.1, 0.15) is 15.9 Å². The molecule has 0 bridgehead atoms. The Morgan fingerprint density at radius 3 is 2.79 bits per heavy atom. The van der Waals surface area contributed by atoms with E-state index in [9.17, 15) is 9.18 Å². The lowest BCUT2D eigenvalue weighted by atomic mass is 10.2. The lowest BCUT2D eigenvalue weighted by Crippen LogP contribution is -2.05. The van der Waals surface area contributed by atoms with E-state index in [-0.39, 0.29) is 11.4 Å². The molecule has 19 heavy (non-hydrogen) atoms. The molecule has 1 aromatic carbocycles. The van der Waals surface area contributed by atoms with Crippen LogP contribution >= 0.6 is 11.6 Å². The average Bonchev–Trinajstić information content (AvgIpc) is 2.36. The number of pyridine rings is 1. The van der Waals surface area contributed by atoms with E-state index in [1.54, 1.807) is 18.2 Å². The molecule has 1 aromatic heterocycles. The number of nitrogens with one attached hydrogen (secondary N) is 1. The van der Waals surface area contributed by atoms with Gasteiger partial charge in [-0.25, -0.2) is 14.2 Å². The van der Waals surface area contributed by atoms with Gasteiger partial charge >= 0.3 is 5.97 Å². The average molecular weight is 281 g/mol. The van der Waals surface area contributed by atoms with Gasteiger partial charge in [-0.05, 0) is 30.7 Å². The third-order valence-electron chi connectivity index (χ3n) is 2.52. The predicted molar refractivity (Wildman–Crippen MR) is 70.6 cm³/mol. The fraction of sp³-hybridized carbons (Fsp3) is 0.0769. The van der Waals surface area contributed by atoms with Gasteiger partial charge in [0.05, 0.1) is 6.20 Å². The standard InChI is InChI=1S/C13H10ClFN2O2/c1-7-2-3-9(5-11(7)14)17-12-10(13(18)19)4-8(15)6-16-12/h2-6H,1H3,(H,16,17)(H,18,19). The second kappa shape index (κ2) is 5.24. The first kappa shape index (κ1) is 13.3. The molecule has 0 saturated carbocycles. The molecule has 2 aromatic rings. The number of nitrogens with zero attached hydrogens (tertiary/aromatic N) is 1. The largest absolute Gasteiger partial charge is 0.478 e. The Kier molecular flexibility index (Phi) is 3.66. The highest BCUT2D eigenvalue weighted by atomic mass is 35.5. The molecule has 1 heterocycles. The summed E-state index contributed by atoms with van der Waals surface area (Å²) in [5.74, 6) is -1.90. The van der Waals surface area contributed by atoms with Crippen LogP contribution in [0.3, 0.4) is 0 Å². The van der Waals surface area contributed by atoms with Gasteiger partial charge in [0.25, 0.3) is 0 Å². The fourth-order valence-electron chi connectivity index (χ4n) is 1.51. The van der Waals surface area contributed by atoms with Crippen LogP contribution in [-0.2, 0) is 0 Å². The Balaban J connectivity index is 2.37. The number of hydrogen-bond acceptors (Lipinski definition) is 3. The number of anilines is 2. The van der Waals surface area contributed by atoms with E-state index in [0.717, 1.165) is 17.8 Å². The minimum atomic E-state index is -1.26. The van der Waals surface area contributed by atoms with Gasteiger partial charge in [0.1, 0.15) is 17.2 Å². The summed E-state index contributed by atoms with van der Waals surface area (Å²) >= 11 is 5.97. The summed E-state index contributed by atoms with van der Waals surface area (Å²) in [5.41, 5.74) is 1.24. The molecule has 0 unspecified atom stereocenters. The molecule has 0 atom stereocenters. The molecule has 0 saturated heterocycles. The van der Waals surface area contributed by atoms with E-state index in [1.165, 1.54) is 0 Å². The van der Waals surface area contributed by atoms with Gasteiger partial charge in [-0.15, -0.1) is 0 Å². The van der Waals surface area contributed by atoms with Crippen molar-refractivity contribution in [1.29, 1.82) is 0 Å². The SMILES string of the molecule is Cc1ccc(Nc2ncc(F)cc2C(=O)O)cc1Cl. The minimum absolute atomic E-state index is 0.0637. The van der Waals surface area contributed by atoms with E-state index >= 15 is 0 Å². The van der Waals surface area contributed by atoms with E-state index in [2.05, 4.69) is 10.3 Å². The van der Waals surface area contributed by atoms with Crippen molar-refractivity contribution in [3.05, 3.63) is 52.4 Å². The fourth-order valence-corrected chi connectivity index (χ4v) is 1.69. The lowest BCUT2D eigenvalue weighted by molar-refractivity contribution is 0.0697. The summed E-state index contributed by atoms with van der Waals surface area (Å²) in [7, 11) is 0. The van der Waals surface area contributed by atoms with Crippen LogP contribution < -0.4 is 5.32 Å². The number of halogens is 2. The Bertz CT molecular complexity index is 647. The van der Waals surface area contributed by atoms with Crippen molar-refractivity contribution in [3.8, 4) is 0 Å². The minimum Gasteiger partial charge on any atom is -0.478 e. The van der Waals surface area contributed by atoms with Gasteiger partial charge in [-0.3, -0.25) is 0 Å². The maximum absolute atomic E-state index is 13.0. The van der Waals surface area contributed by atoms with Gasteiger partial charge in [-0.2, -0.15) is 0 Å². The molecule has 0 aliphatic carbocycles. The van der Waals surface area contributed by atoms with Crippen LogP contribution in [0.25, 0.3) is 0 Å². The molecule has 0 radical (unpaired) electrons. The van der Waals surface area contributed by atoms with E-state index in [0.29, 0.717) is 10.7 Å². The number of benzene rings is 1. The summed E-state index contributed by atoms with van der Waals surface area (Å²) in [6.07, 6.45) is 0.949. The summed E-state index contributed by atoms with van der Waals surface area (Å²) in [6, 6.07) is 6.08. The Morgan fingerprint density at radius 2 is 2.16 bits per heavy atom. The number of carboxylic acid groups (broad SMARTS) is 1. The number of aryl methyl sites for hydroxylation is 1. The van der Waals surface area contributed by atoms with Gasteiger partial charge < -0.3 is 10.4 Å². The third kappa shape index (κ3) is 3.00. The molecule has 6 heteroatoms.